The molecule has 2 aromatic rings. The van der Waals surface area contributed by atoms with Crippen LogP contribution in [0.25, 0.3) is 0 Å². The van der Waals surface area contributed by atoms with Crippen LogP contribution in [0.15, 0.2) is 30.5 Å². The van der Waals surface area contributed by atoms with Crippen molar-refractivity contribution in [3.05, 3.63) is 36.3 Å². The molecule has 1 N–H and O–H groups in total. The van der Waals surface area contributed by atoms with Gasteiger partial charge in [-0.1, -0.05) is 0 Å². The molecule has 2 heterocycles. The minimum absolute atomic E-state index is 0.282. The molecule has 1 aromatic carbocycles. The van der Waals surface area contributed by atoms with Crippen LogP contribution in [0.4, 0.5) is 32.3 Å². The quantitative estimate of drug-likeness (QED) is 0.805. The fourth-order valence-electron chi connectivity index (χ4n) is 3.77. The van der Waals surface area contributed by atoms with Gasteiger partial charge in [0.05, 0.1) is 13.3 Å². The van der Waals surface area contributed by atoms with Crippen molar-refractivity contribution in [2.75, 3.05) is 55.5 Å². The van der Waals surface area contributed by atoms with Crippen LogP contribution >= 0.6 is 0 Å². The second-order valence-electron chi connectivity index (χ2n) is 7.68. The van der Waals surface area contributed by atoms with Gasteiger partial charge in [-0.25, -0.2) is 14.2 Å². The normalized spacial score (nSPS) is 16.8. The molecular formula is C21H27FN6O2. The summed E-state index contributed by atoms with van der Waals surface area (Å²) in [6.07, 6.45) is 4.25. The fraction of sp³-hybridized carbons (Fsp3) is 0.476. The van der Waals surface area contributed by atoms with E-state index in [0.29, 0.717) is 30.9 Å². The van der Waals surface area contributed by atoms with Crippen molar-refractivity contribution in [2.24, 2.45) is 0 Å². The highest BCUT2D eigenvalue weighted by atomic mass is 19.1. The zero-order chi connectivity index (χ0) is 21.1. The first kappa shape index (κ1) is 20.2. The molecule has 4 rings (SSSR count). The number of nitrogens with zero attached hydrogens (tertiary/aromatic N) is 5. The van der Waals surface area contributed by atoms with Gasteiger partial charge in [-0.05, 0) is 43.5 Å². The number of methoxy groups -OCH3 is 1. The van der Waals surface area contributed by atoms with Crippen molar-refractivity contribution in [1.29, 1.82) is 0 Å². The Labute approximate surface area is 175 Å². The van der Waals surface area contributed by atoms with Gasteiger partial charge < -0.3 is 24.8 Å². The summed E-state index contributed by atoms with van der Waals surface area (Å²) in [5.74, 6) is 0.297. The summed E-state index contributed by atoms with van der Waals surface area (Å²) in [4.78, 5) is 25.9. The third kappa shape index (κ3) is 4.24. The maximum Gasteiger partial charge on any atom is 0.409 e. The summed E-state index contributed by atoms with van der Waals surface area (Å²) in [6, 6.07) is 8.28. The Kier molecular flexibility index (Phi) is 5.87. The van der Waals surface area contributed by atoms with Gasteiger partial charge in [-0.2, -0.15) is 4.98 Å². The molecule has 0 bridgehead atoms. The molecule has 30 heavy (non-hydrogen) atoms. The van der Waals surface area contributed by atoms with E-state index in [2.05, 4.69) is 20.2 Å². The summed E-state index contributed by atoms with van der Waals surface area (Å²) in [6.45, 7) is 2.76. The SMILES string of the molecule is COC(=O)N1CCN(c2ccc(Nc3ncc(F)c(N(C)C4CCC4)n3)cc2)CC1. The molecule has 8 nitrogen and oxygen atoms in total. The van der Waals surface area contributed by atoms with E-state index in [9.17, 15) is 9.18 Å². The monoisotopic (exact) mass is 414 g/mol. The Bertz CT molecular complexity index is 882. The van der Waals surface area contributed by atoms with Crippen molar-refractivity contribution in [3.63, 3.8) is 0 Å². The molecule has 1 amide bonds. The lowest BCUT2D eigenvalue weighted by Crippen LogP contribution is -2.48. The molecule has 1 aromatic heterocycles. The molecule has 0 atom stereocenters. The van der Waals surface area contributed by atoms with Crippen molar-refractivity contribution < 1.29 is 13.9 Å². The van der Waals surface area contributed by atoms with Gasteiger partial charge in [0.25, 0.3) is 0 Å². The second-order valence-corrected chi connectivity index (χ2v) is 7.68. The molecule has 1 aliphatic carbocycles. The third-order valence-corrected chi connectivity index (χ3v) is 5.88. The van der Waals surface area contributed by atoms with E-state index in [0.717, 1.165) is 37.3 Å². The smallest absolute Gasteiger partial charge is 0.409 e. The number of carbonyl (C=O) groups is 1. The van der Waals surface area contributed by atoms with E-state index in [1.54, 1.807) is 4.90 Å². The number of hydrogen-bond donors (Lipinski definition) is 1. The van der Waals surface area contributed by atoms with Gasteiger partial charge in [-0.3, -0.25) is 0 Å². The van der Waals surface area contributed by atoms with E-state index < -0.39 is 5.82 Å². The largest absolute Gasteiger partial charge is 0.453 e. The average Bonchev–Trinajstić information content (AvgIpc) is 2.74. The molecule has 2 fully saturated rings. The minimum atomic E-state index is -0.406. The molecule has 1 saturated carbocycles. The molecule has 1 aliphatic heterocycles. The Hall–Kier alpha value is -3.10. The zero-order valence-corrected chi connectivity index (χ0v) is 17.3. The summed E-state index contributed by atoms with van der Waals surface area (Å²) in [5, 5.41) is 3.16. The highest BCUT2D eigenvalue weighted by Gasteiger charge is 2.25. The maximum absolute atomic E-state index is 14.2. The highest BCUT2D eigenvalue weighted by molar-refractivity contribution is 5.68. The average molecular weight is 414 g/mol. The maximum atomic E-state index is 14.2. The van der Waals surface area contributed by atoms with Gasteiger partial charge in [0.1, 0.15) is 0 Å². The van der Waals surface area contributed by atoms with Gasteiger partial charge >= 0.3 is 6.09 Å². The molecule has 0 spiro atoms. The second kappa shape index (κ2) is 8.73. The summed E-state index contributed by atoms with van der Waals surface area (Å²) in [5.41, 5.74) is 1.91. The van der Waals surface area contributed by atoms with Gasteiger partial charge in [0.2, 0.25) is 5.95 Å². The fourth-order valence-corrected chi connectivity index (χ4v) is 3.77. The minimum Gasteiger partial charge on any atom is -0.453 e. The van der Waals surface area contributed by atoms with Gasteiger partial charge in [-0.15, -0.1) is 0 Å². The number of carbonyl (C=O) groups excluding carboxylic acids is 1. The standard InChI is InChI=1S/C21H27FN6O2/c1-26(16-4-3-5-16)19-18(22)14-23-20(25-19)24-15-6-8-17(9-7-15)27-10-12-28(13-11-27)21(29)30-2/h6-9,14,16H,3-5,10-13H2,1-2H3,(H,23,24,25). The van der Waals surface area contributed by atoms with Crippen LogP contribution in [0, 0.1) is 5.82 Å². The number of aromatic nitrogens is 2. The lowest BCUT2D eigenvalue weighted by Gasteiger charge is -2.35. The number of hydrogen-bond acceptors (Lipinski definition) is 7. The van der Waals surface area contributed by atoms with Crippen LogP contribution in [-0.4, -0.2) is 67.3 Å². The van der Waals surface area contributed by atoms with E-state index in [1.165, 1.54) is 19.7 Å². The lowest BCUT2D eigenvalue weighted by molar-refractivity contribution is 0.121. The highest BCUT2D eigenvalue weighted by Crippen LogP contribution is 2.29. The Morgan fingerprint density at radius 3 is 2.50 bits per heavy atom. The topological polar surface area (TPSA) is 73.8 Å². The van der Waals surface area contributed by atoms with Crippen molar-refractivity contribution >= 4 is 29.2 Å². The van der Waals surface area contributed by atoms with E-state index in [1.807, 2.05) is 36.2 Å². The number of piperazine rings is 1. The first-order chi connectivity index (χ1) is 14.5. The molecule has 2 aliphatic rings. The van der Waals surface area contributed by atoms with E-state index in [4.69, 9.17) is 4.74 Å². The Balaban J connectivity index is 1.39. The number of ether oxygens (including phenoxy) is 1. The predicted octanol–water partition coefficient (Wildman–Crippen LogP) is 3.24. The predicted molar refractivity (Wildman–Crippen MR) is 114 cm³/mol. The molecule has 0 radical (unpaired) electrons. The Morgan fingerprint density at radius 1 is 1.20 bits per heavy atom. The van der Waals surface area contributed by atoms with Crippen molar-refractivity contribution in [3.8, 4) is 0 Å². The molecule has 160 valence electrons. The number of halogens is 1. The molecule has 1 saturated heterocycles. The van der Waals surface area contributed by atoms with Gasteiger partial charge in [0.15, 0.2) is 11.6 Å². The summed E-state index contributed by atoms with van der Waals surface area (Å²) in [7, 11) is 3.29. The molecular weight excluding hydrogens is 387 g/mol. The van der Waals surface area contributed by atoms with Crippen LogP contribution in [0.3, 0.4) is 0 Å². The molecule has 9 heteroatoms. The van der Waals surface area contributed by atoms with Crippen LogP contribution in [0.1, 0.15) is 19.3 Å². The third-order valence-electron chi connectivity index (χ3n) is 5.88. The Morgan fingerprint density at radius 2 is 1.90 bits per heavy atom. The van der Waals surface area contributed by atoms with E-state index in [-0.39, 0.29) is 6.09 Å². The van der Waals surface area contributed by atoms with Crippen molar-refractivity contribution in [2.45, 2.75) is 25.3 Å². The van der Waals surface area contributed by atoms with Crippen LogP contribution in [0.5, 0.6) is 0 Å². The molecule has 0 unspecified atom stereocenters. The lowest BCUT2D eigenvalue weighted by atomic mass is 9.92. The summed E-state index contributed by atoms with van der Waals surface area (Å²) >= 11 is 0. The van der Waals surface area contributed by atoms with Crippen LogP contribution < -0.4 is 15.1 Å². The van der Waals surface area contributed by atoms with E-state index >= 15 is 0 Å². The number of benzene rings is 1. The number of nitrogens with one attached hydrogen (secondary N) is 1. The first-order valence-corrected chi connectivity index (χ1v) is 10.3. The number of rotatable bonds is 5. The van der Waals surface area contributed by atoms with Crippen LogP contribution in [0.2, 0.25) is 0 Å². The van der Waals surface area contributed by atoms with Crippen LogP contribution in [-0.2, 0) is 4.74 Å². The van der Waals surface area contributed by atoms with Gasteiger partial charge in [0, 0.05) is 50.6 Å². The number of anilines is 4. The summed E-state index contributed by atoms with van der Waals surface area (Å²) < 4.78 is 19.0. The first-order valence-electron chi connectivity index (χ1n) is 10.3. The number of amides is 1. The zero-order valence-electron chi connectivity index (χ0n) is 17.3. The van der Waals surface area contributed by atoms with Crippen molar-refractivity contribution in [1.82, 2.24) is 14.9 Å².